The number of nitrogens with zero attached hydrogens (tertiary/aromatic N) is 5. The highest BCUT2D eigenvalue weighted by molar-refractivity contribution is 7.89. The molecular formula is C18H21N7O4S2. The Morgan fingerprint density at radius 2 is 2.16 bits per heavy atom. The molecule has 4 rings (SSSR count). The Kier molecular flexibility index (Phi) is 6.00. The molecule has 1 fully saturated rings. The number of amides is 1. The van der Waals surface area contributed by atoms with E-state index in [4.69, 9.17) is 4.74 Å². The van der Waals surface area contributed by atoms with Crippen LogP contribution in [0.15, 0.2) is 41.9 Å². The summed E-state index contributed by atoms with van der Waals surface area (Å²) in [6, 6.07) is 5.34. The molecule has 4 heterocycles. The highest BCUT2D eigenvalue weighted by Gasteiger charge is 2.33. The molecular weight excluding hydrogens is 442 g/mol. The first-order valence-corrected chi connectivity index (χ1v) is 11.6. The van der Waals surface area contributed by atoms with E-state index in [2.05, 4.69) is 25.6 Å². The normalized spacial score (nSPS) is 17.4. The minimum atomic E-state index is -3.72. The van der Waals surface area contributed by atoms with Crippen LogP contribution in [0, 0.1) is 0 Å². The Bertz CT molecular complexity index is 1190. The van der Waals surface area contributed by atoms with Crippen LogP contribution < -0.4 is 10.6 Å². The predicted octanol–water partition coefficient (Wildman–Crippen LogP) is 1.14. The maximum atomic E-state index is 12.9. The van der Waals surface area contributed by atoms with Gasteiger partial charge in [0.25, 0.3) is 15.9 Å². The quantitative estimate of drug-likeness (QED) is 0.556. The van der Waals surface area contributed by atoms with Crippen molar-refractivity contribution in [1.29, 1.82) is 0 Å². The van der Waals surface area contributed by atoms with E-state index in [1.54, 1.807) is 36.9 Å². The number of hydrogen-bond acceptors (Lipinski definition) is 9. The topological polar surface area (TPSA) is 131 Å². The van der Waals surface area contributed by atoms with E-state index in [1.807, 2.05) is 0 Å². The highest BCUT2D eigenvalue weighted by atomic mass is 32.2. The minimum Gasteiger partial charge on any atom is -0.369 e. The van der Waals surface area contributed by atoms with Gasteiger partial charge in [-0.3, -0.25) is 4.79 Å². The number of aromatic nitrogens is 4. The number of pyridine rings is 1. The van der Waals surface area contributed by atoms with Gasteiger partial charge >= 0.3 is 0 Å². The molecule has 0 bridgehead atoms. The number of sulfonamides is 1. The summed E-state index contributed by atoms with van der Waals surface area (Å²) in [5.41, 5.74) is 0.592. The molecule has 2 N–H and O–H groups in total. The summed E-state index contributed by atoms with van der Waals surface area (Å²) in [6.45, 7) is 0.625. The van der Waals surface area contributed by atoms with Crippen molar-refractivity contribution < 1.29 is 17.9 Å². The number of carbonyl (C=O) groups is 1. The molecule has 3 aromatic rings. The summed E-state index contributed by atoms with van der Waals surface area (Å²) < 4.78 is 34.5. The number of aryl methyl sites for hydroxylation is 1. The fourth-order valence-electron chi connectivity index (χ4n) is 3.05. The monoisotopic (exact) mass is 463 g/mol. The van der Waals surface area contributed by atoms with E-state index in [-0.39, 0.29) is 30.6 Å². The summed E-state index contributed by atoms with van der Waals surface area (Å²) in [5.74, 6) is 0.306. The summed E-state index contributed by atoms with van der Waals surface area (Å²) in [6.07, 6.45) is 3.89. The zero-order valence-electron chi connectivity index (χ0n) is 16.8. The molecule has 1 atom stereocenters. The van der Waals surface area contributed by atoms with Gasteiger partial charge < -0.3 is 19.9 Å². The van der Waals surface area contributed by atoms with Crippen molar-refractivity contribution in [1.82, 2.24) is 29.1 Å². The molecule has 1 aliphatic heterocycles. The average molecular weight is 464 g/mol. The van der Waals surface area contributed by atoms with E-state index in [0.717, 1.165) is 0 Å². The van der Waals surface area contributed by atoms with Crippen LogP contribution >= 0.6 is 11.3 Å². The summed E-state index contributed by atoms with van der Waals surface area (Å²) >= 11 is 1.20. The van der Waals surface area contributed by atoms with E-state index >= 15 is 0 Å². The smallest absolute Gasteiger partial charge is 0.262 e. The Labute approximate surface area is 183 Å². The number of rotatable bonds is 6. The SMILES string of the molecule is CNC(=O)c1cnc(Nc2cccc(C3CN(S(=O)(=O)c4cn(C)cn4)CCO3)n2)s1. The lowest BCUT2D eigenvalue weighted by molar-refractivity contribution is -0.00492. The average Bonchev–Trinajstić information content (AvgIpc) is 3.43. The molecule has 0 saturated carbocycles. The standard InChI is InChI=1S/C18H21N7O4S2/c1-19-17(26)14-8-20-18(30-14)23-15-5-3-4-12(22-15)13-9-25(6-7-29-13)31(27,28)16-10-24(2)11-21-16/h3-5,8,10-11,13H,6-7,9H2,1-2H3,(H,19,26)(H,20,22,23). The second kappa shape index (κ2) is 8.70. The van der Waals surface area contributed by atoms with Crippen LogP contribution in [0.1, 0.15) is 21.5 Å². The summed E-state index contributed by atoms with van der Waals surface area (Å²) in [4.78, 5) is 24.9. The number of hydrogen-bond donors (Lipinski definition) is 2. The minimum absolute atomic E-state index is 0.00900. The second-order valence-corrected chi connectivity index (χ2v) is 9.70. The van der Waals surface area contributed by atoms with E-state index in [1.165, 1.54) is 34.4 Å². The third-order valence-electron chi connectivity index (χ3n) is 4.61. The molecule has 164 valence electrons. The van der Waals surface area contributed by atoms with Crippen molar-refractivity contribution in [2.45, 2.75) is 11.1 Å². The fourth-order valence-corrected chi connectivity index (χ4v) is 5.21. The van der Waals surface area contributed by atoms with E-state index in [9.17, 15) is 13.2 Å². The molecule has 1 amide bonds. The molecule has 1 aliphatic rings. The number of anilines is 2. The Balaban J connectivity index is 1.49. The zero-order chi connectivity index (χ0) is 22.0. The number of imidazole rings is 1. The van der Waals surface area contributed by atoms with Crippen LogP contribution in [-0.4, -0.2) is 64.9 Å². The third-order valence-corrected chi connectivity index (χ3v) is 7.27. The Hall–Kier alpha value is -2.87. The van der Waals surface area contributed by atoms with Gasteiger partial charge in [-0.05, 0) is 12.1 Å². The lowest BCUT2D eigenvalue weighted by atomic mass is 10.2. The van der Waals surface area contributed by atoms with Crippen molar-refractivity contribution in [2.75, 3.05) is 32.1 Å². The first-order chi connectivity index (χ1) is 14.9. The highest BCUT2D eigenvalue weighted by Crippen LogP contribution is 2.27. The van der Waals surface area contributed by atoms with Gasteiger partial charge in [0.2, 0.25) is 0 Å². The lowest BCUT2D eigenvalue weighted by Gasteiger charge is -2.31. The van der Waals surface area contributed by atoms with Gasteiger partial charge in [0, 0.05) is 33.4 Å². The van der Waals surface area contributed by atoms with Gasteiger partial charge in [0.05, 0.1) is 24.8 Å². The molecule has 0 radical (unpaired) electrons. The number of morpholine rings is 1. The van der Waals surface area contributed by atoms with Crippen LogP contribution in [0.5, 0.6) is 0 Å². The molecule has 11 nitrogen and oxygen atoms in total. The molecule has 1 saturated heterocycles. The molecule has 0 spiro atoms. The lowest BCUT2D eigenvalue weighted by Crippen LogP contribution is -2.42. The van der Waals surface area contributed by atoms with Crippen LogP contribution in [0.25, 0.3) is 0 Å². The first-order valence-electron chi connectivity index (χ1n) is 9.38. The van der Waals surface area contributed by atoms with Gasteiger partial charge in [-0.2, -0.15) is 4.31 Å². The molecule has 31 heavy (non-hydrogen) atoms. The van der Waals surface area contributed by atoms with Crippen LogP contribution in [-0.2, 0) is 21.8 Å². The number of carbonyl (C=O) groups excluding carboxylic acids is 1. The van der Waals surface area contributed by atoms with Gasteiger partial charge in [-0.1, -0.05) is 17.4 Å². The fraction of sp³-hybridized carbons (Fsp3) is 0.333. The maximum absolute atomic E-state index is 12.9. The molecule has 3 aromatic heterocycles. The Morgan fingerprint density at radius 3 is 2.90 bits per heavy atom. The predicted molar refractivity (Wildman–Crippen MR) is 114 cm³/mol. The summed E-state index contributed by atoms with van der Waals surface area (Å²) in [7, 11) is -0.441. The number of thiazole rings is 1. The van der Waals surface area contributed by atoms with Crippen molar-refractivity contribution in [2.24, 2.45) is 7.05 Å². The van der Waals surface area contributed by atoms with Crippen molar-refractivity contribution in [3.05, 3.63) is 47.5 Å². The van der Waals surface area contributed by atoms with E-state index in [0.29, 0.717) is 21.5 Å². The Morgan fingerprint density at radius 1 is 1.32 bits per heavy atom. The molecule has 0 aliphatic carbocycles. The zero-order valence-corrected chi connectivity index (χ0v) is 18.5. The third kappa shape index (κ3) is 4.58. The van der Waals surface area contributed by atoms with Gasteiger partial charge in [0.15, 0.2) is 10.2 Å². The molecule has 1 unspecified atom stereocenters. The largest absolute Gasteiger partial charge is 0.369 e. The van der Waals surface area contributed by atoms with Crippen LogP contribution in [0.4, 0.5) is 10.9 Å². The van der Waals surface area contributed by atoms with Crippen molar-refractivity contribution in [3.8, 4) is 0 Å². The number of nitrogens with one attached hydrogen (secondary N) is 2. The first kappa shape index (κ1) is 21.4. The van der Waals surface area contributed by atoms with Crippen molar-refractivity contribution >= 4 is 38.2 Å². The van der Waals surface area contributed by atoms with E-state index < -0.39 is 16.1 Å². The van der Waals surface area contributed by atoms with Gasteiger partial charge in [0.1, 0.15) is 16.8 Å². The molecule has 0 aromatic carbocycles. The van der Waals surface area contributed by atoms with Crippen LogP contribution in [0.2, 0.25) is 0 Å². The summed E-state index contributed by atoms with van der Waals surface area (Å²) in [5, 5.41) is 6.15. The van der Waals surface area contributed by atoms with Crippen molar-refractivity contribution in [3.63, 3.8) is 0 Å². The van der Waals surface area contributed by atoms with Gasteiger partial charge in [-0.15, -0.1) is 0 Å². The number of ether oxygens (including phenoxy) is 1. The van der Waals surface area contributed by atoms with Crippen LogP contribution in [0.3, 0.4) is 0 Å². The molecule has 13 heteroatoms. The van der Waals surface area contributed by atoms with Gasteiger partial charge in [-0.25, -0.2) is 23.4 Å². The second-order valence-electron chi connectivity index (χ2n) is 6.78. The maximum Gasteiger partial charge on any atom is 0.262 e.